The number of carbonyl (C=O) groups excluding carboxylic acids is 3. The summed E-state index contributed by atoms with van der Waals surface area (Å²) in [6.45, 7) is 5.16. The van der Waals surface area contributed by atoms with Crippen LogP contribution in [-0.2, 0) is 16.0 Å². The van der Waals surface area contributed by atoms with Gasteiger partial charge in [-0.3, -0.25) is 19.3 Å². The van der Waals surface area contributed by atoms with Crippen molar-refractivity contribution >= 4 is 39.7 Å². The highest BCUT2D eigenvalue weighted by atomic mass is 32.1. The number of Topliss-reactive ketones (excluding diaryl/α,β-unsaturated/α-hetero) is 2. The molecule has 34 heavy (non-hydrogen) atoms. The van der Waals surface area contributed by atoms with Crippen LogP contribution in [0.2, 0.25) is 0 Å². The maximum absolute atomic E-state index is 13.2. The van der Waals surface area contributed by atoms with E-state index in [0.717, 1.165) is 23.3 Å². The first kappa shape index (κ1) is 23.4. The fourth-order valence-corrected chi connectivity index (χ4v) is 4.99. The standard InChI is InChI=1S/C26H24N2O5S/c1-5-16-6-8-17(9-7-16)21-20(22(30)18-10-12-19(33-4)13-11-18)23(31)25(32)28(21)26-27-14(2)24(34-26)15(3)29/h6-13,21,30H,5H2,1-4H3/t21-/m0/s1. The van der Waals surface area contributed by atoms with Gasteiger partial charge < -0.3 is 9.84 Å². The Morgan fingerprint density at radius 3 is 2.29 bits per heavy atom. The molecule has 0 radical (unpaired) electrons. The van der Waals surface area contributed by atoms with Crippen LogP contribution in [0.25, 0.3) is 5.76 Å². The molecular formula is C26H24N2O5S. The average Bonchev–Trinajstić information content (AvgIpc) is 3.35. The maximum Gasteiger partial charge on any atom is 0.301 e. The van der Waals surface area contributed by atoms with Crippen LogP contribution < -0.4 is 9.64 Å². The minimum absolute atomic E-state index is 0.0309. The summed E-state index contributed by atoms with van der Waals surface area (Å²) in [7, 11) is 1.53. The van der Waals surface area contributed by atoms with Crippen molar-refractivity contribution in [3.8, 4) is 5.75 Å². The fraction of sp³-hybridized carbons (Fsp3) is 0.231. The number of ether oxygens (including phenoxy) is 1. The van der Waals surface area contributed by atoms with Gasteiger partial charge in [-0.25, -0.2) is 4.98 Å². The summed E-state index contributed by atoms with van der Waals surface area (Å²) in [5.74, 6) is -1.47. The lowest BCUT2D eigenvalue weighted by molar-refractivity contribution is -0.132. The Balaban J connectivity index is 1.92. The number of rotatable bonds is 6. The molecule has 0 saturated carbocycles. The van der Waals surface area contributed by atoms with Crippen LogP contribution in [0.5, 0.6) is 5.75 Å². The van der Waals surface area contributed by atoms with Gasteiger partial charge in [-0.05, 0) is 48.7 Å². The van der Waals surface area contributed by atoms with Crippen molar-refractivity contribution in [3.63, 3.8) is 0 Å². The van der Waals surface area contributed by atoms with Crippen LogP contribution in [0.15, 0.2) is 54.1 Å². The van der Waals surface area contributed by atoms with Gasteiger partial charge in [0.25, 0.3) is 5.78 Å². The number of methoxy groups -OCH3 is 1. The Labute approximate surface area is 201 Å². The number of anilines is 1. The van der Waals surface area contributed by atoms with Crippen molar-refractivity contribution in [1.82, 2.24) is 4.98 Å². The Kier molecular flexibility index (Phi) is 6.34. The zero-order chi connectivity index (χ0) is 24.6. The number of thiazole rings is 1. The first-order valence-electron chi connectivity index (χ1n) is 10.8. The van der Waals surface area contributed by atoms with E-state index in [9.17, 15) is 19.5 Å². The molecule has 1 fully saturated rings. The molecule has 1 aliphatic heterocycles. The van der Waals surface area contributed by atoms with Gasteiger partial charge in [0.15, 0.2) is 10.9 Å². The number of aliphatic hydroxyl groups is 1. The number of aromatic nitrogens is 1. The van der Waals surface area contributed by atoms with E-state index >= 15 is 0 Å². The second-order valence-corrected chi connectivity index (χ2v) is 8.94. The molecule has 8 heteroatoms. The van der Waals surface area contributed by atoms with E-state index in [1.54, 1.807) is 31.2 Å². The number of benzene rings is 2. The zero-order valence-electron chi connectivity index (χ0n) is 19.3. The third-order valence-corrected chi connectivity index (χ3v) is 7.08. The van der Waals surface area contributed by atoms with Crippen molar-refractivity contribution in [1.29, 1.82) is 0 Å². The highest BCUT2D eigenvalue weighted by Crippen LogP contribution is 2.44. The fourth-order valence-electron chi connectivity index (χ4n) is 4.00. The second kappa shape index (κ2) is 9.23. The van der Waals surface area contributed by atoms with E-state index in [1.807, 2.05) is 31.2 Å². The summed E-state index contributed by atoms with van der Waals surface area (Å²) in [6, 6.07) is 13.2. The van der Waals surface area contributed by atoms with Gasteiger partial charge in [0.2, 0.25) is 0 Å². The van der Waals surface area contributed by atoms with E-state index in [4.69, 9.17) is 4.74 Å². The largest absolute Gasteiger partial charge is 0.507 e. The summed E-state index contributed by atoms with van der Waals surface area (Å²) < 4.78 is 5.17. The number of aryl methyl sites for hydroxylation is 2. The summed E-state index contributed by atoms with van der Waals surface area (Å²) in [4.78, 5) is 44.6. The highest BCUT2D eigenvalue weighted by molar-refractivity contribution is 7.18. The van der Waals surface area contributed by atoms with Crippen molar-refractivity contribution in [3.05, 3.63) is 81.4 Å². The molecule has 1 amide bonds. The van der Waals surface area contributed by atoms with Crippen molar-refractivity contribution in [2.45, 2.75) is 33.2 Å². The van der Waals surface area contributed by atoms with Crippen LogP contribution in [0.3, 0.4) is 0 Å². The number of aliphatic hydroxyl groups excluding tert-OH is 1. The van der Waals surface area contributed by atoms with Crippen LogP contribution in [0.4, 0.5) is 5.13 Å². The molecule has 0 spiro atoms. The first-order chi connectivity index (χ1) is 16.3. The molecule has 174 valence electrons. The quantitative estimate of drug-likeness (QED) is 0.236. The molecule has 2 aromatic carbocycles. The SMILES string of the molecule is CCc1ccc([C@H]2C(=C(O)c3ccc(OC)cc3)C(=O)C(=O)N2c2nc(C)c(C(C)=O)s2)cc1. The number of hydrogen-bond acceptors (Lipinski definition) is 7. The zero-order valence-corrected chi connectivity index (χ0v) is 20.1. The normalized spacial score (nSPS) is 17.3. The molecule has 1 N–H and O–H groups in total. The highest BCUT2D eigenvalue weighted by Gasteiger charge is 2.48. The van der Waals surface area contributed by atoms with E-state index in [0.29, 0.717) is 27.4 Å². The van der Waals surface area contributed by atoms with Gasteiger partial charge in [-0.15, -0.1) is 0 Å². The molecule has 7 nitrogen and oxygen atoms in total. The van der Waals surface area contributed by atoms with E-state index in [2.05, 4.69) is 4.98 Å². The summed E-state index contributed by atoms with van der Waals surface area (Å²) in [6.07, 6.45) is 0.833. The lowest BCUT2D eigenvalue weighted by atomic mass is 9.94. The van der Waals surface area contributed by atoms with Gasteiger partial charge in [-0.1, -0.05) is 42.5 Å². The van der Waals surface area contributed by atoms with E-state index in [-0.39, 0.29) is 22.2 Å². The van der Waals surface area contributed by atoms with E-state index < -0.39 is 17.7 Å². The summed E-state index contributed by atoms with van der Waals surface area (Å²) in [5, 5.41) is 11.4. The molecular weight excluding hydrogens is 452 g/mol. The van der Waals surface area contributed by atoms with Gasteiger partial charge in [-0.2, -0.15) is 0 Å². The minimum Gasteiger partial charge on any atom is -0.507 e. The van der Waals surface area contributed by atoms with Gasteiger partial charge >= 0.3 is 5.91 Å². The molecule has 0 unspecified atom stereocenters. The molecule has 0 aliphatic carbocycles. The molecule has 0 bridgehead atoms. The number of nitrogens with zero attached hydrogens (tertiary/aromatic N) is 2. The van der Waals surface area contributed by atoms with Gasteiger partial charge in [0.05, 0.1) is 29.3 Å². The Bertz CT molecular complexity index is 1310. The van der Waals surface area contributed by atoms with Crippen LogP contribution >= 0.6 is 11.3 Å². The van der Waals surface area contributed by atoms with E-state index in [1.165, 1.54) is 18.9 Å². The third kappa shape index (κ3) is 4.01. The molecule has 2 heterocycles. The average molecular weight is 477 g/mol. The molecule has 3 aromatic rings. The number of hydrogen-bond donors (Lipinski definition) is 1. The molecule has 4 rings (SSSR count). The van der Waals surface area contributed by atoms with Crippen molar-refractivity contribution in [2.75, 3.05) is 12.0 Å². The number of ketones is 2. The predicted octanol–water partition coefficient (Wildman–Crippen LogP) is 4.85. The molecule has 1 saturated heterocycles. The van der Waals surface area contributed by atoms with Crippen molar-refractivity contribution < 1.29 is 24.2 Å². The first-order valence-corrected chi connectivity index (χ1v) is 11.6. The topological polar surface area (TPSA) is 96.8 Å². The lowest BCUT2D eigenvalue weighted by Gasteiger charge is -2.23. The monoisotopic (exact) mass is 476 g/mol. The van der Waals surface area contributed by atoms with Crippen molar-refractivity contribution in [2.24, 2.45) is 0 Å². The third-order valence-electron chi connectivity index (χ3n) is 5.82. The molecule has 1 aromatic heterocycles. The number of carbonyl (C=O) groups is 3. The Hall–Kier alpha value is -3.78. The Morgan fingerprint density at radius 2 is 1.76 bits per heavy atom. The lowest BCUT2D eigenvalue weighted by Crippen LogP contribution is -2.29. The second-order valence-electron chi connectivity index (χ2n) is 7.96. The minimum atomic E-state index is -0.890. The smallest absolute Gasteiger partial charge is 0.301 e. The van der Waals surface area contributed by atoms with Crippen LogP contribution in [-0.4, -0.2) is 34.7 Å². The summed E-state index contributed by atoms with van der Waals surface area (Å²) >= 11 is 1.06. The van der Waals surface area contributed by atoms with Gasteiger partial charge in [0.1, 0.15) is 11.5 Å². The maximum atomic E-state index is 13.2. The van der Waals surface area contributed by atoms with Crippen LogP contribution in [0.1, 0.15) is 51.9 Å². The summed E-state index contributed by atoms with van der Waals surface area (Å²) in [5.41, 5.74) is 2.60. The molecule has 1 aliphatic rings. The number of amides is 1. The molecule has 1 atom stereocenters. The Morgan fingerprint density at radius 1 is 1.12 bits per heavy atom. The van der Waals surface area contributed by atoms with Gasteiger partial charge in [0, 0.05) is 12.5 Å². The predicted molar refractivity (Wildman–Crippen MR) is 130 cm³/mol. The van der Waals surface area contributed by atoms with Crippen LogP contribution in [0, 0.1) is 6.92 Å².